The van der Waals surface area contributed by atoms with Crippen LogP contribution in [0.3, 0.4) is 0 Å². The largest absolute Gasteiger partial charge is 0.326 e. The molecular weight excluding hydrogens is 268 g/mol. The number of carbonyl (C=O) groups excluding carboxylic acids is 1. The summed E-state index contributed by atoms with van der Waals surface area (Å²) in [5.74, 6) is 1.02. The second-order valence-corrected chi connectivity index (χ2v) is 5.37. The number of aromatic nitrogens is 1. The first-order valence-corrected chi connectivity index (χ1v) is 7.95. The molecule has 0 radical (unpaired) electrons. The van der Waals surface area contributed by atoms with Crippen molar-refractivity contribution >= 4 is 23.4 Å². The maximum Gasteiger partial charge on any atom is 0.224 e. The molecule has 4 heteroatoms. The highest BCUT2D eigenvalue weighted by Crippen LogP contribution is 2.14. The predicted octanol–water partition coefficient (Wildman–Crippen LogP) is 3.52. The van der Waals surface area contributed by atoms with Gasteiger partial charge in [0.05, 0.1) is 0 Å². The second-order valence-electron chi connectivity index (χ2n) is 4.50. The number of nitrogens with zero attached hydrogens (tertiary/aromatic N) is 1. The minimum absolute atomic E-state index is 0.0215. The fourth-order valence-electron chi connectivity index (χ4n) is 1.86. The van der Waals surface area contributed by atoms with E-state index in [1.807, 2.05) is 42.5 Å². The van der Waals surface area contributed by atoms with E-state index >= 15 is 0 Å². The van der Waals surface area contributed by atoms with E-state index in [4.69, 9.17) is 0 Å². The van der Waals surface area contributed by atoms with Crippen molar-refractivity contribution in [2.75, 3.05) is 11.6 Å². The van der Waals surface area contributed by atoms with Crippen LogP contribution in [0.5, 0.6) is 0 Å². The third-order valence-corrected chi connectivity index (χ3v) is 3.51. The Hall–Kier alpha value is -1.81. The summed E-state index contributed by atoms with van der Waals surface area (Å²) in [5, 5.41) is 2.91. The van der Waals surface area contributed by atoms with E-state index < -0.39 is 0 Å². The van der Waals surface area contributed by atoms with Crippen molar-refractivity contribution in [2.45, 2.75) is 18.6 Å². The third kappa shape index (κ3) is 4.70. The van der Waals surface area contributed by atoms with E-state index in [0.717, 1.165) is 17.1 Å². The lowest BCUT2D eigenvalue weighted by atomic mass is 10.2. The number of nitrogens with one attached hydrogen (secondary N) is 1. The molecule has 0 aliphatic carbocycles. The number of rotatable bonds is 6. The molecule has 2 rings (SSSR count). The van der Waals surface area contributed by atoms with E-state index in [9.17, 15) is 4.79 Å². The average molecular weight is 286 g/mol. The summed E-state index contributed by atoms with van der Waals surface area (Å²) in [6, 6.07) is 13.7. The number of benzene rings is 1. The molecule has 1 aromatic heterocycles. The fourth-order valence-corrected chi connectivity index (χ4v) is 2.39. The van der Waals surface area contributed by atoms with Crippen molar-refractivity contribution in [1.29, 1.82) is 0 Å². The van der Waals surface area contributed by atoms with Crippen LogP contribution in [0.4, 0.5) is 5.69 Å². The Kier molecular flexibility index (Phi) is 5.62. The number of hydrogen-bond acceptors (Lipinski definition) is 3. The number of thioether (sulfide) groups is 1. The zero-order valence-corrected chi connectivity index (χ0v) is 12.3. The summed E-state index contributed by atoms with van der Waals surface area (Å²) >= 11 is 1.79. The van der Waals surface area contributed by atoms with Crippen LogP contribution in [-0.4, -0.2) is 17.1 Å². The van der Waals surface area contributed by atoms with Gasteiger partial charge in [0.2, 0.25) is 5.91 Å². The number of carbonyl (C=O) groups is 1. The molecule has 1 N–H and O–H groups in total. The Morgan fingerprint density at radius 3 is 2.65 bits per heavy atom. The molecule has 0 bridgehead atoms. The van der Waals surface area contributed by atoms with Gasteiger partial charge >= 0.3 is 0 Å². The van der Waals surface area contributed by atoms with Crippen molar-refractivity contribution in [2.24, 2.45) is 0 Å². The highest BCUT2D eigenvalue weighted by molar-refractivity contribution is 7.97. The van der Waals surface area contributed by atoms with Crippen LogP contribution in [0.2, 0.25) is 0 Å². The van der Waals surface area contributed by atoms with Crippen molar-refractivity contribution in [3.8, 4) is 0 Å². The van der Waals surface area contributed by atoms with E-state index in [1.54, 1.807) is 18.0 Å². The molecule has 0 saturated carbocycles. The van der Waals surface area contributed by atoms with E-state index in [2.05, 4.69) is 16.6 Å². The van der Waals surface area contributed by atoms with Gasteiger partial charge in [0.1, 0.15) is 0 Å². The second kappa shape index (κ2) is 7.70. The molecule has 0 aliphatic heterocycles. The summed E-state index contributed by atoms with van der Waals surface area (Å²) in [7, 11) is 0. The van der Waals surface area contributed by atoms with Gasteiger partial charge in [-0.3, -0.25) is 9.78 Å². The minimum atomic E-state index is 0.0215. The number of amides is 1. The van der Waals surface area contributed by atoms with Crippen molar-refractivity contribution in [3.05, 3.63) is 59.9 Å². The number of aryl methyl sites for hydroxylation is 1. The summed E-state index contributed by atoms with van der Waals surface area (Å²) in [4.78, 5) is 16.1. The van der Waals surface area contributed by atoms with Crippen LogP contribution in [-0.2, 0) is 17.0 Å². The lowest BCUT2D eigenvalue weighted by Crippen LogP contribution is -2.12. The summed E-state index contributed by atoms with van der Waals surface area (Å²) in [5.41, 5.74) is 3.06. The zero-order valence-electron chi connectivity index (χ0n) is 11.5. The first kappa shape index (κ1) is 14.6. The van der Waals surface area contributed by atoms with Gasteiger partial charge in [-0.2, -0.15) is 11.8 Å². The highest BCUT2D eigenvalue weighted by Gasteiger charge is 2.03. The number of anilines is 1. The maximum atomic E-state index is 11.9. The zero-order chi connectivity index (χ0) is 14.2. The molecule has 0 saturated heterocycles. The molecule has 0 spiro atoms. The molecule has 0 fully saturated rings. The summed E-state index contributed by atoms with van der Waals surface area (Å²) in [6.45, 7) is 0. The Balaban J connectivity index is 1.82. The average Bonchev–Trinajstić information content (AvgIpc) is 2.49. The Bertz CT molecular complexity index is 540. The topological polar surface area (TPSA) is 42.0 Å². The lowest BCUT2D eigenvalue weighted by molar-refractivity contribution is -0.116. The highest BCUT2D eigenvalue weighted by atomic mass is 32.2. The SMILES string of the molecule is CSCc1ccc(NC(=O)CCc2ccccn2)cc1. The normalized spacial score (nSPS) is 10.2. The van der Waals surface area contributed by atoms with Crippen LogP contribution in [0.25, 0.3) is 0 Å². The predicted molar refractivity (Wildman–Crippen MR) is 84.8 cm³/mol. The molecule has 1 heterocycles. The van der Waals surface area contributed by atoms with Crippen molar-refractivity contribution < 1.29 is 4.79 Å². The van der Waals surface area contributed by atoms with Crippen LogP contribution in [0, 0.1) is 0 Å². The number of hydrogen-bond donors (Lipinski definition) is 1. The Morgan fingerprint density at radius 2 is 2.00 bits per heavy atom. The molecule has 2 aromatic rings. The quantitative estimate of drug-likeness (QED) is 0.883. The van der Waals surface area contributed by atoms with E-state index in [1.165, 1.54) is 5.56 Å². The van der Waals surface area contributed by atoms with Crippen LogP contribution < -0.4 is 5.32 Å². The van der Waals surface area contributed by atoms with E-state index in [-0.39, 0.29) is 5.91 Å². The van der Waals surface area contributed by atoms with Gasteiger partial charge in [-0.1, -0.05) is 18.2 Å². The first-order valence-electron chi connectivity index (χ1n) is 6.55. The van der Waals surface area contributed by atoms with Crippen molar-refractivity contribution in [1.82, 2.24) is 4.98 Å². The Labute approximate surface area is 123 Å². The standard InChI is InChI=1S/C16H18N2OS/c1-20-12-13-5-7-15(8-6-13)18-16(19)10-9-14-4-2-3-11-17-14/h2-8,11H,9-10,12H2,1H3,(H,18,19). The van der Waals surface area contributed by atoms with Crippen LogP contribution >= 0.6 is 11.8 Å². The summed E-state index contributed by atoms with van der Waals surface area (Å²) < 4.78 is 0. The lowest BCUT2D eigenvalue weighted by Gasteiger charge is -2.06. The molecule has 1 amide bonds. The molecule has 1 aromatic carbocycles. The van der Waals surface area contributed by atoms with E-state index in [0.29, 0.717) is 12.8 Å². The van der Waals surface area contributed by atoms with Gasteiger partial charge in [0.25, 0.3) is 0 Å². The molecular formula is C16H18N2OS. The molecule has 104 valence electrons. The van der Waals surface area contributed by atoms with Gasteiger partial charge in [0, 0.05) is 29.8 Å². The third-order valence-electron chi connectivity index (χ3n) is 2.88. The van der Waals surface area contributed by atoms with Gasteiger partial charge in [-0.15, -0.1) is 0 Å². The Morgan fingerprint density at radius 1 is 1.20 bits per heavy atom. The maximum absolute atomic E-state index is 11.9. The van der Waals surface area contributed by atoms with Gasteiger partial charge in [-0.25, -0.2) is 0 Å². The smallest absolute Gasteiger partial charge is 0.224 e. The van der Waals surface area contributed by atoms with Gasteiger partial charge in [0.15, 0.2) is 0 Å². The summed E-state index contributed by atoms with van der Waals surface area (Å²) in [6.07, 6.45) is 4.94. The van der Waals surface area contributed by atoms with Crippen LogP contribution in [0.15, 0.2) is 48.7 Å². The monoisotopic (exact) mass is 286 g/mol. The molecule has 0 unspecified atom stereocenters. The van der Waals surface area contributed by atoms with Crippen LogP contribution in [0.1, 0.15) is 17.7 Å². The first-order chi connectivity index (χ1) is 9.78. The molecule has 0 aliphatic rings. The number of pyridine rings is 1. The van der Waals surface area contributed by atoms with Crippen molar-refractivity contribution in [3.63, 3.8) is 0 Å². The minimum Gasteiger partial charge on any atom is -0.326 e. The molecule has 0 atom stereocenters. The molecule has 3 nitrogen and oxygen atoms in total. The van der Waals surface area contributed by atoms with Gasteiger partial charge < -0.3 is 5.32 Å². The fraction of sp³-hybridized carbons (Fsp3) is 0.250. The van der Waals surface area contributed by atoms with Gasteiger partial charge in [-0.05, 0) is 42.5 Å². The molecule has 20 heavy (non-hydrogen) atoms.